The third-order valence-electron chi connectivity index (χ3n) is 4.21. The second kappa shape index (κ2) is 8.68. The molecule has 0 atom stereocenters. The fraction of sp³-hybridized carbons (Fsp3) is 0.333. The van der Waals surface area contributed by atoms with Crippen molar-refractivity contribution < 1.29 is 23.5 Å². The number of allylic oxidation sites excluding steroid dienone is 1. The molecule has 1 aliphatic rings. The maximum absolute atomic E-state index is 14.4. The van der Waals surface area contributed by atoms with Crippen LogP contribution in [0.2, 0.25) is 0 Å². The smallest absolute Gasteiger partial charge is 0.275 e. The topological polar surface area (TPSA) is 83.0 Å². The van der Waals surface area contributed by atoms with Crippen molar-refractivity contribution in [1.82, 2.24) is 10.8 Å². The second-order valence-corrected chi connectivity index (χ2v) is 5.83. The molecular weight excluding hydrogens is 344 g/mol. The van der Waals surface area contributed by atoms with Crippen molar-refractivity contribution in [3.8, 4) is 0 Å². The number of aliphatic imine (C=N–C) groups is 1. The lowest BCUT2D eigenvalue weighted by atomic mass is 9.82. The number of nitrogens with one attached hydrogen (secondary N) is 2. The van der Waals surface area contributed by atoms with Crippen LogP contribution in [0.3, 0.4) is 0 Å². The molecule has 3 N–H and O–H groups in total. The predicted molar refractivity (Wildman–Crippen MR) is 92.5 cm³/mol. The van der Waals surface area contributed by atoms with Crippen molar-refractivity contribution in [1.29, 1.82) is 0 Å². The van der Waals surface area contributed by atoms with Crippen LogP contribution in [0.4, 0.5) is 8.78 Å². The Morgan fingerprint density at radius 2 is 2.08 bits per heavy atom. The van der Waals surface area contributed by atoms with Gasteiger partial charge in [-0.25, -0.2) is 19.3 Å². The molecule has 1 fully saturated rings. The zero-order valence-electron chi connectivity index (χ0n) is 14.4. The number of carbonyl (C=O) groups is 1. The zero-order valence-corrected chi connectivity index (χ0v) is 14.4. The lowest BCUT2D eigenvalue weighted by molar-refractivity contribution is -0.124. The van der Waals surface area contributed by atoms with Crippen molar-refractivity contribution >= 4 is 12.1 Å². The molecule has 8 heteroatoms. The second-order valence-electron chi connectivity index (χ2n) is 5.83. The summed E-state index contributed by atoms with van der Waals surface area (Å²) in [6, 6.07) is 3.30. The first-order valence-electron chi connectivity index (χ1n) is 8.07. The fourth-order valence-corrected chi connectivity index (χ4v) is 2.83. The van der Waals surface area contributed by atoms with Crippen LogP contribution >= 0.6 is 0 Å². The standard InChI is InChI=1S/C18H21F2N3O3/c1-3-13(17(24)23-25)11-21-12(2)22-18(6-8-26-9-7-18)15-10-14(19)4-5-16(15)20/h3-5,10-11,22,25H,2,6-9H2,1H3,(H,23,24)/b13-3+,21-11?. The average molecular weight is 365 g/mol. The van der Waals surface area contributed by atoms with E-state index in [1.807, 2.05) is 0 Å². The monoisotopic (exact) mass is 365 g/mol. The minimum atomic E-state index is -0.922. The number of rotatable bonds is 6. The van der Waals surface area contributed by atoms with Gasteiger partial charge in [-0.3, -0.25) is 10.0 Å². The van der Waals surface area contributed by atoms with E-state index in [-0.39, 0.29) is 17.0 Å². The largest absolute Gasteiger partial charge is 0.381 e. The Hall–Kier alpha value is -2.58. The van der Waals surface area contributed by atoms with Crippen molar-refractivity contribution in [3.63, 3.8) is 0 Å². The zero-order chi connectivity index (χ0) is 19.2. The Balaban J connectivity index is 2.27. The van der Waals surface area contributed by atoms with Gasteiger partial charge in [0, 0.05) is 25.0 Å². The fourth-order valence-electron chi connectivity index (χ4n) is 2.83. The van der Waals surface area contributed by atoms with E-state index >= 15 is 0 Å². The van der Waals surface area contributed by atoms with Crippen molar-refractivity contribution in [3.05, 3.63) is 59.4 Å². The van der Waals surface area contributed by atoms with E-state index in [1.54, 1.807) is 6.92 Å². The summed E-state index contributed by atoms with van der Waals surface area (Å²) in [6.45, 7) is 6.12. The van der Waals surface area contributed by atoms with Gasteiger partial charge in [-0.2, -0.15) is 0 Å². The summed E-state index contributed by atoms with van der Waals surface area (Å²) in [5, 5.41) is 11.7. The van der Waals surface area contributed by atoms with E-state index in [9.17, 15) is 13.6 Å². The SMILES string of the molecule is C=C(N=C/C(=C\C)C(=O)NO)NC1(c2cc(F)ccc2F)CCOCC1. The molecule has 1 aliphatic heterocycles. The van der Waals surface area contributed by atoms with Crippen LogP contribution in [-0.2, 0) is 15.1 Å². The van der Waals surface area contributed by atoms with E-state index in [4.69, 9.17) is 9.94 Å². The van der Waals surface area contributed by atoms with E-state index in [0.29, 0.717) is 26.1 Å². The number of benzene rings is 1. The molecule has 1 aromatic rings. The van der Waals surface area contributed by atoms with Gasteiger partial charge in [0.05, 0.1) is 11.1 Å². The van der Waals surface area contributed by atoms with Crippen LogP contribution in [0.1, 0.15) is 25.3 Å². The van der Waals surface area contributed by atoms with Crippen LogP contribution in [0.5, 0.6) is 0 Å². The van der Waals surface area contributed by atoms with E-state index in [0.717, 1.165) is 18.2 Å². The van der Waals surface area contributed by atoms with E-state index in [1.165, 1.54) is 17.8 Å². The van der Waals surface area contributed by atoms with Gasteiger partial charge >= 0.3 is 0 Å². The highest BCUT2D eigenvalue weighted by Gasteiger charge is 2.37. The summed E-state index contributed by atoms with van der Waals surface area (Å²) < 4.78 is 33.4. The third kappa shape index (κ3) is 4.53. The van der Waals surface area contributed by atoms with E-state index < -0.39 is 23.1 Å². The highest BCUT2D eigenvalue weighted by Crippen LogP contribution is 2.35. The Kier molecular flexibility index (Phi) is 6.59. The average Bonchev–Trinajstić information content (AvgIpc) is 2.64. The Bertz CT molecular complexity index is 741. The summed E-state index contributed by atoms with van der Waals surface area (Å²) in [5.41, 5.74) is 0.886. The summed E-state index contributed by atoms with van der Waals surface area (Å²) in [5.74, 6) is -1.63. The molecule has 0 saturated carbocycles. The first-order valence-corrected chi connectivity index (χ1v) is 8.07. The molecular formula is C18H21F2N3O3. The Morgan fingerprint density at radius 1 is 1.38 bits per heavy atom. The minimum Gasteiger partial charge on any atom is -0.381 e. The van der Waals surface area contributed by atoms with Crippen molar-refractivity contribution in [2.45, 2.75) is 25.3 Å². The van der Waals surface area contributed by atoms with Gasteiger partial charge in [0.1, 0.15) is 17.5 Å². The number of amides is 1. The van der Waals surface area contributed by atoms with Gasteiger partial charge in [-0.15, -0.1) is 0 Å². The molecule has 1 aromatic carbocycles. The summed E-state index contributed by atoms with van der Waals surface area (Å²) in [4.78, 5) is 15.5. The maximum Gasteiger partial charge on any atom is 0.275 e. The lowest BCUT2D eigenvalue weighted by Gasteiger charge is -2.39. The van der Waals surface area contributed by atoms with Crippen LogP contribution < -0.4 is 10.8 Å². The summed E-state index contributed by atoms with van der Waals surface area (Å²) in [6.07, 6.45) is 3.47. The normalized spacial score (nSPS) is 17.2. The van der Waals surface area contributed by atoms with Gasteiger partial charge in [0.25, 0.3) is 5.91 Å². The maximum atomic E-state index is 14.4. The highest BCUT2D eigenvalue weighted by molar-refractivity contribution is 6.11. The number of carbonyl (C=O) groups excluding carboxylic acids is 1. The van der Waals surface area contributed by atoms with Crippen LogP contribution in [-0.4, -0.2) is 30.5 Å². The van der Waals surface area contributed by atoms with Gasteiger partial charge in [-0.1, -0.05) is 12.7 Å². The van der Waals surface area contributed by atoms with Gasteiger partial charge in [-0.05, 0) is 38.0 Å². The number of hydroxylamine groups is 1. The molecule has 0 spiro atoms. The number of hydrogen-bond acceptors (Lipinski definition) is 5. The molecule has 0 unspecified atom stereocenters. The van der Waals surface area contributed by atoms with Crippen LogP contribution in [0.15, 0.2) is 47.2 Å². The molecule has 140 valence electrons. The Morgan fingerprint density at radius 3 is 2.69 bits per heavy atom. The summed E-state index contributed by atoms with van der Waals surface area (Å²) in [7, 11) is 0. The van der Waals surface area contributed by atoms with Gasteiger partial charge < -0.3 is 10.1 Å². The Labute approximate surface area is 150 Å². The molecule has 6 nitrogen and oxygen atoms in total. The minimum absolute atomic E-state index is 0.119. The quantitative estimate of drug-likeness (QED) is 0.313. The number of ether oxygens (including phenoxy) is 1. The number of hydrogen-bond donors (Lipinski definition) is 3. The molecule has 0 aromatic heterocycles. The number of nitrogens with zero attached hydrogens (tertiary/aromatic N) is 1. The van der Waals surface area contributed by atoms with Crippen molar-refractivity contribution in [2.75, 3.05) is 13.2 Å². The van der Waals surface area contributed by atoms with Gasteiger partial charge in [0.15, 0.2) is 0 Å². The molecule has 0 bridgehead atoms. The first-order chi connectivity index (χ1) is 12.4. The molecule has 1 heterocycles. The molecule has 1 amide bonds. The molecule has 0 aliphatic carbocycles. The van der Waals surface area contributed by atoms with Crippen LogP contribution in [0.25, 0.3) is 0 Å². The molecule has 1 saturated heterocycles. The molecule has 26 heavy (non-hydrogen) atoms. The third-order valence-corrected chi connectivity index (χ3v) is 4.21. The summed E-state index contributed by atoms with van der Waals surface area (Å²) >= 11 is 0. The highest BCUT2D eigenvalue weighted by atomic mass is 19.1. The van der Waals surface area contributed by atoms with Gasteiger partial charge in [0.2, 0.25) is 0 Å². The first kappa shape index (κ1) is 19.7. The molecule has 2 rings (SSSR count). The van der Waals surface area contributed by atoms with Crippen molar-refractivity contribution in [2.24, 2.45) is 4.99 Å². The van der Waals surface area contributed by atoms with Crippen LogP contribution in [0, 0.1) is 11.6 Å². The number of halogens is 2. The lowest BCUT2D eigenvalue weighted by Crippen LogP contribution is -2.46. The molecule has 0 radical (unpaired) electrons. The predicted octanol–water partition coefficient (Wildman–Crippen LogP) is 2.55. The van der Waals surface area contributed by atoms with E-state index in [2.05, 4.69) is 16.9 Å².